The molecule has 1 amide bonds. The number of carbonyl (C=O) groups excluding carboxylic acids is 1. The number of carbonyl (C=O) groups is 1. The topological polar surface area (TPSA) is 78.5 Å². The van der Waals surface area contributed by atoms with Crippen LogP contribution in [0.25, 0.3) is 0 Å². The van der Waals surface area contributed by atoms with Gasteiger partial charge in [-0.2, -0.15) is 0 Å². The second-order valence-electron chi connectivity index (χ2n) is 5.98. The maximum atomic E-state index is 13.7. The number of benzene rings is 2. The van der Waals surface area contributed by atoms with Crippen LogP contribution in [0.2, 0.25) is 0 Å². The number of rotatable bonds is 5. The highest BCUT2D eigenvalue weighted by atomic mass is 32.2. The van der Waals surface area contributed by atoms with E-state index in [-0.39, 0.29) is 6.54 Å². The van der Waals surface area contributed by atoms with E-state index in [1.165, 1.54) is 0 Å². The van der Waals surface area contributed by atoms with Crippen LogP contribution in [0.5, 0.6) is 0 Å². The third kappa shape index (κ3) is 4.06. The maximum absolute atomic E-state index is 13.7. The smallest absolute Gasteiger partial charge is 0.260 e. The number of anilines is 1. The van der Waals surface area contributed by atoms with Gasteiger partial charge >= 0.3 is 0 Å². The van der Waals surface area contributed by atoms with E-state index in [0.29, 0.717) is 18.7 Å². The van der Waals surface area contributed by atoms with Crippen molar-refractivity contribution < 1.29 is 26.4 Å². The van der Waals surface area contributed by atoms with E-state index < -0.39 is 38.3 Å². The number of nitrogens with zero attached hydrogens (tertiary/aromatic N) is 1. The van der Waals surface area contributed by atoms with E-state index in [9.17, 15) is 26.4 Å². The lowest BCUT2D eigenvalue weighted by molar-refractivity contribution is -0.120. The van der Waals surface area contributed by atoms with Gasteiger partial charge in [0, 0.05) is 12.2 Å². The van der Waals surface area contributed by atoms with E-state index in [2.05, 4.69) is 0 Å². The van der Waals surface area contributed by atoms with Crippen molar-refractivity contribution in [3.05, 3.63) is 59.4 Å². The molecule has 1 aliphatic heterocycles. The van der Waals surface area contributed by atoms with Crippen molar-refractivity contribution in [2.75, 3.05) is 18.0 Å². The maximum Gasteiger partial charge on any atom is 0.260 e. The number of sulfonamides is 1. The van der Waals surface area contributed by atoms with Gasteiger partial charge in [0.1, 0.15) is 4.90 Å². The molecule has 0 unspecified atom stereocenters. The number of amides is 1. The van der Waals surface area contributed by atoms with Gasteiger partial charge in [-0.1, -0.05) is 18.2 Å². The number of aryl methyl sites for hydroxylation is 1. The molecule has 0 spiro atoms. The molecular formula is C17H16F3N3O3S. The van der Waals surface area contributed by atoms with Gasteiger partial charge in [-0.3, -0.25) is 10.2 Å². The van der Waals surface area contributed by atoms with Crippen molar-refractivity contribution in [3.8, 4) is 0 Å². The van der Waals surface area contributed by atoms with Crippen LogP contribution in [0.15, 0.2) is 41.3 Å². The third-order valence-electron chi connectivity index (χ3n) is 4.16. The highest BCUT2D eigenvalue weighted by Gasteiger charge is 2.25. The molecule has 2 aromatic carbocycles. The molecule has 2 N–H and O–H groups in total. The summed E-state index contributed by atoms with van der Waals surface area (Å²) in [7, 11) is -4.61. The van der Waals surface area contributed by atoms with Gasteiger partial charge in [0.25, 0.3) is 15.9 Å². The van der Waals surface area contributed by atoms with E-state index in [1.54, 1.807) is 9.73 Å². The highest BCUT2D eigenvalue weighted by molar-refractivity contribution is 7.89. The zero-order valence-corrected chi connectivity index (χ0v) is 14.8. The van der Waals surface area contributed by atoms with Crippen LogP contribution in [0, 0.1) is 17.5 Å². The van der Waals surface area contributed by atoms with Crippen LogP contribution in [-0.4, -0.2) is 27.4 Å². The van der Waals surface area contributed by atoms with Gasteiger partial charge in [-0.25, -0.2) is 21.6 Å². The zero-order valence-electron chi connectivity index (χ0n) is 14.0. The third-order valence-corrected chi connectivity index (χ3v) is 5.42. The van der Waals surface area contributed by atoms with Crippen molar-refractivity contribution in [1.29, 1.82) is 0 Å². The first-order valence-corrected chi connectivity index (χ1v) is 9.55. The Morgan fingerprint density at radius 3 is 2.59 bits per heavy atom. The largest absolute Gasteiger partial charge is 0.362 e. The Balaban J connectivity index is 1.67. The molecule has 0 saturated carbocycles. The fourth-order valence-electron chi connectivity index (χ4n) is 2.88. The van der Waals surface area contributed by atoms with E-state index in [0.717, 1.165) is 24.1 Å². The first-order chi connectivity index (χ1) is 12.8. The first kappa shape index (κ1) is 19.2. The van der Waals surface area contributed by atoms with Gasteiger partial charge in [-0.15, -0.1) is 4.83 Å². The van der Waals surface area contributed by atoms with Crippen molar-refractivity contribution >= 4 is 21.6 Å². The molecule has 0 saturated heterocycles. The van der Waals surface area contributed by atoms with Crippen LogP contribution < -0.4 is 15.2 Å². The molecule has 0 radical (unpaired) electrons. The number of halogens is 3. The number of hydrazine groups is 1. The van der Waals surface area contributed by atoms with Gasteiger partial charge < -0.3 is 4.90 Å². The van der Waals surface area contributed by atoms with Crippen molar-refractivity contribution in [1.82, 2.24) is 10.3 Å². The molecule has 1 aliphatic rings. The molecule has 27 heavy (non-hydrogen) atoms. The van der Waals surface area contributed by atoms with Crippen LogP contribution in [0.4, 0.5) is 18.9 Å². The molecule has 144 valence electrons. The summed E-state index contributed by atoms with van der Waals surface area (Å²) in [6, 6.07) is 8.61. The van der Waals surface area contributed by atoms with Crippen LogP contribution in [0.3, 0.4) is 0 Å². The van der Waals surface area contributed by atoms with Crippen molar-refractivity contribution in [2.45, 2.75) is 17.7 Å². The SMILES string of the molecule is O=C(CN1CCCc2ccccc21)NNS(=O)(=O)c1ccc(F)c(F)c1F. The van der Waals surface area contributed by atoms with Gasteiger partial charge in [0.2, 0.25) is 0 Å². The van der Waals surface area contributed by atoms with Gasteiger partial charge in [0.15, 0.2) is 17.5 Å². The minimum Gasteiger partial charge on any atom is -0.362 e. The summed E-state index contributed by atoms with van der Waals surface area (Å²) < 4.78 is 63.9. The predicted octanol–water partition coefficient (Wildman–Crippen LogP) is 1.87. The monoisotopic (exact) mass is 399 g/mol. The first-order valence-electron chi connectivity index (χ1n) is 8.06. The Bertz CT molecular complexity index is 983. The molecule has 3 rings (SSSR count). The Morgan fingerprint density at radius 1 is 1.07 bits per heavy atom. The molecule has 0 bridgehead atoms. The Labute approximate surface area is 154 Å². The average Bonchev–Trinajstić information content (AvgIpc) is 2.65. The number of para-hydroxylation sites is 1. The summed E-state index contributed by atoms with van der Waals surface area (Å²) in [4.78, 5) is 14.5. The Morgan fingerprint density at radius 2 is 1.81 bits per heavy atom. The molecule has 0 aliphatic carbocycles. The van der Waals surface area contributed by atoms with Crippen molar-refractivity contribution in [3.63, 3.8) is 0 Å². The normalized spacial score (nSPS) is 14.0. The minimum absolute atomic E-state index is 0.125. The van der Waals surface area contributed by atoms with Gasteiger partial charge in [-0.05, 0) is 36.6 Å². The minimum atomic E-state index is -4.61. The second-order valence-corrected chi connectivity index (χ2v) is 7.63. The van der Waals surface area contributed by atoms with E-state index >= 15 is 0 Å². The average molecular weight is 399 g/mol. The zero-order chi connectivity index (χ0) is 19.6. The Kier molecular flexibility index (Phi) is 5.38. The summed E-state index contributed by atoms with van der Waals surface area (Å²) in [5.41, 5.74) is 3.93. The standard InChI is InChI=1S/C17H16F3N3O3S/c18-12-7-8-14(17(20)16(12)19)27(25,26)22-21-15(24)10-23-9-3-5-11-4-1-2-6-13(11)23/h1-2,4,6-8,22H,3,5,9-10H2,(H,21,24). The number of hydrogen-bond acceptors (Lipinski definition) is 4. The fourth-order valence-corrected chi connectivity index (χ4v) is 3.81. The summed E-state index contributed by atoms with van der Waals surface area (Å²) in [5.74, 6) is -5.96. The molecule has 0 atom stereocenters. The molecule has 0 fully saturated rings. The van der Waals surface area contributed by atoms with E-state index in [1.807, 2.05) is 29.7 Å². The lowest BCUT2D eigenvalue weighted by atomic mass is 10.0. The predicted molar refractivity (Wildman–Crippen MR) is 91.8 cm³/mol. The summed E-state index contributed by atoms with van der Waals surface area (Å²) in [5, 5.41) is 0. The molecule has 2 aromatic rings. The van der Waals surface area contributed by atoms with Crippen LogP contribution in [-0.2, 0) is 21.2 Å². The number of nitrogens with one attached hydrogen (secondary N) is 2. The van der Waals surface area contributed by atoms with E-state index in [4.69, 9.17) is 0 Å². The second kappa shape index (κ2) is 7.57. The van der Waals surface area contributed by atoms with Crippen molar-refractivity contribution in [2.24, 2.45) is 0 Å². The molecule has 1 heterocycles. The summed E-state index contributed by atoms with van der Waals surface area (Å²) >= 11 is 0. The van der Waals surface area contributed by atoms with Crippen LogP contribution in [0.1, 0.15) is 12.0 Å². The highest BCUT2D eigenvalue weighted by Crippen LogP contribution is 2.26. The molecule has 6 nitrogen and oxygen atoms in total. The van der Waals surface area contributed by atoms with Gasteiger partial charge in [0.05, 0.1) is 6.54 Å². The molecule has 0 aromatic heterocycles. The molecule has 10 heteroatoms. The quantitative estimate of drug-likeness (QED) is 0.594. The fraction of sp³-hybridized carbons (Fsp3) is 0.235. The Hall–Kier alpha value is -2.59. The van der Waals surface area contributed by atoms with Crippen LogP contribution >= 0.6 is 0 Å². The summed E-state index contributed by atoms with van der Waals surface area (Å²) in [6.07, 6.45) is 1.73. The lowest BCUT2D eigenvalue weighted by Gasteiger charge is -2.30. The number of hydrogen-bond donors (Lipinski definition) is 2. The molecular weight excluding hydrogens is 383 g/mol. The summed E-state index contributed by atoms with van der Waals surface area (Å²) in [6.45, 7) is 0.495. The number of fused-ring (bicyclic) bond motifs is 1. The lowest BCUT2D eigenvalue weighted by Crippen LogP contribution is -2.47.